The summed E-state index contributed by atoms with van der Waals surface area (Å²) in [5.41, 5.74) is 2.75. The highest BCUT2D eigenvalue weighted by molar-refractivity contribution is 5.94. The highest BCUT2D eigenvalue weighted by atomic mass is 16.3. The van der Waals surface area contributed by atoms with E-state index >= 15 is 0 Å². The van der Waals surface area contributed by atoms with Crippen LogP contribution in [-0.4, -0.2) is 72.7 Å². The molecular weight excluding hydrogens is 396 g/mol. The summed E-state index contributed by atoms with van der Waals surface area (Å²) in [6, 6.07) is 9.00. The van der Waals surface area contributed by atoms with Crippen LogP contribution in [0.2, 0.25) is 0 Å². The molecule has 2 amide bonds. The molecule has 2 aromatic rings. The number of carbonyl (C=O) groups excluding carboxylic acids is 3. The molecule has 2 aliphatic heterocycles. The molecule has 2 fully saturated rings. The smallest absolute Gasteiger partial charge is 0.237 e. The van der Waals surface area contributed by atoms with E-state index in [-0.39, 0.29) is 24.0 Å². The normalized spacial score (nSPS) is 19.9. The zero-order chi connectivity index (χ0) is 21.8. The minimum Gasteiger partial charge on any atom is -0.472 e. The molecule has 2 aliphatic rings. The van der Waals surface area contributed by atoms with Crippen LogP contribution in [0.5, 0.6) is 0 Å². The molecular formula is C23H28N4O4. The second-order valence-electron chi connectivity index (χ2n) is 8.08. The number of piperazine rings is 2. The van der Waals surface area contributed by atoms with Gasteiger partial charge in [-0.15, -0.1) is 0 Å². The lowest BCUT2D eigenvalue weighted by molar-refractivity contribution is -0.139. The number of nitrogens with zero attached hydrogens (tertiary/aromatic N) is 3. The fourth-order valence-corrected chi connectivity index (χ4v) is 4.21. The van der Waals surface area contributed by atoms with Crippen LogP contribution in [0.15, 0.2) is 47.3 Å². The SMILES string of the molecule is CC(=O)c1ccc(N2CCN(C(=O)CC3C(=O)NCCN3Cc3ccoc3)CC2)cc1. The fraction of sp³-hybridized carbons (Fsp3) is 0.435. The van der Waals surface area contributed by atoms with Crippen molar-refractivity contribution in [3.8, 4) is 0 Å². The largest absolute Gasteiger partial charge is 0.472 e. The number of hydrogen-bond acceptors (Lipinski definition) is 6. The van der Waals surface area contributed by atoms with Crippen molar-refractivity contribution in [1.82, 2.24) is 15.1 Å². The topological polar surface area (TPSA) is 86.1 Å². The molecule has 0 radical (unpaired) electrons. The molecule has 1 unspecified atom stereocenters. The quantitative estimate of drug-likeness (QED) is 0.708. The predicted molar refractivity (Wildman–Crippen MR) is 116 cm³/mol. The molecule has 8 nitrogen and oxygen atoms in total. The summed E-state index contributed by atoms with van der Waals surface area (Å²) in [6.45, 7) is 6.11. The second kappa shape index (κ2) is 9.34. The van der Waals surface area contributed by atoms with Gasteiger partial charge >= 0.3 is 0 Å². The molecule has 0 bridgehead atoms. The van der Waals surface area contributed by atoms with Crippen molar-refractivity contribution in [3.63, 3.8) is 0 Å². The Morgan fingerprint density at radius 3 is 2.45 bits per heavy atom. The molecule has 31 heavy (non-hydrogen) atoms. The van der Waals surface area contributed by atoms with Gasteiger partial charge in [-0.05, 0) is 37.3 Å². The minimum atomic E-state index is -0.465. The van der Waals surface area contributed by atoms with Crippen molar-refractivity contribution in [1.29, 1.82) is 0 Å². The Bertz CT molecular complexity index is 918. The maximum atomic E-state index is 13.0. The van der Waals surface area contributed by atoms with E-state index in [2.05, 4.69) is 15.1 Å². The lowest BCUT2D eigenvalue weighted by Crippen LogP contribution is -2.57. The van der Waals surface area contributed by atoms with Crippen molar-refractivity contribution in [2.24, 2.45) is 0 Å². The van der Waals surface area contributed by atoms with Crippen molar-refractivity contribution in [2.45, 2.75) is 25.9 Å². The summed E-state index contributed by atoms with van der Waals surface area (Å²) in [7, 11) is 0. The van der Waals surface area contributed by atoms with Crippen LogP contribution >= 0.6 is 0 Å². The van der Waals surface area contributed by atoms with Gasteiger partial charge < -0.3 is 19.5 Å². The van der Waals surface area contributed by atoms with Gasteiger partial charge in [-0.25, -0.2) is 0 Å². The molecule has 1 atom stereocenters. The number of anilines is 1. The maximum Gasteiger partial charge on any atom is 0.237 e. The highest BCUT2D eigenvalue weighted by Crippen LogP contribution is 2.20. The Balaban J connectivity index is 1.33. The molecule has 1 N–H and O–H groups in total. The molecule has 8 heteroatoms. The van der Waals surface area contributed by atoms with E-state index in [0.717, 1.165) is 24.3 Å². The number of ketones is 1. The average molecular weight is 425 g/mol. The molecule has 164 valence electrons. The third kappa shape index (κ3) is 4.96. The molecule has 0 aliphatic carbocycles. The third-order valence-corrected chi connectivity index (χ3v) is 6.05. The van der Waals surface area contributed by atoms with Gasteiger partial charge in [-0.2, -0.15) is 0 Å². The van der Waals surface area contributed by atoms with Gasteiger partial charge in [-0.1, -0.05) is 0 Å². The van der Waals surface area contributed by atoms with Gasteiger partial charge in [0.25, 0.3) is 0 Å². The molecule has 1 aromatic heterocycles. The van der Waals surface area contributed by atoms with E-state index < -0.39 is 6.04 Å². The Hall–Kier alpha value is -3.13. The third-order valence-electron chi connectivity index (χ3n) is 6.05. The minimum absolute atomic E-state index is 0.00539. The monoisotopic (exact) mass is 424 g/mol. The zero-order valence-corrected chi connectivity index (χ0v) is 17.8. The summed E-state index contributed by atoms with van der Waals surface area (Å²) < 4.78 is 5.14. The summed E-state index contributed by atoms with van der Waals surface area (Å²) in [4.78, 5) is 43.0. The van der Waals surface area contributed by atoms with Crippen LogP contribution in [0.25, 0.3) is 0 Å². The number of nitrogens with one attached hydrogen (secondary N) is 1. The number of hydrogen-bond donors (Lipinski definition) is 1. The van der Waals surface area contributed by atoms with Crippen molar-refractivity contribution >= 4 is 23.3 Å². The van der Waals surface area contributed by atoms with Gasteiger partial charge in [-0.3, -0.25) is 19.3 Å². The first-order valence-electron chi connectivity index (χ1n) is 10.7. The summed E-state index contributed by atoms with van der Waals surface area (Å²) in [5.74, 6) is -0.0337. The summed E-state index contributed by atoms with van der Waals surface area (Å²) in [6.07, 6.45) is 3.47. The Labute approximate surface area is 181 Å². The zero-order valence-electron chi connectivity index (χ0n) is 17.8. The molecule has 0 spiro atoms. The first kappa shape index (κ1) is 21.1. The predicted octanol–water partition coefficient (Wildman–Crippen LogP) is 1.52. The fourth-order valence-electron chi connectivity index (χ4n) is 4.21. The van der Waals surface area contributed by atoms with E-state index in [4.69, 9.17) is 4.42 Å². The molecule has 2 saturated heterocycles. The Morgan fingerprint density at radius 2 is 1.81 bits per heavy atom. The summed E-state index contributed by atoms with van der Waals surface area (Å²) >= 11 is 0. The van der Waals surface area contributed by atoms with Crippen LogP contribution in [0.3, 0.4) is 0 Å². The van der Waals surface area contributed by atoms with Crippen LogP contribution in [-0.2, 0) is 16.1 Å². The van der Waals surface area contributed by atoms with Gasteiger partial charge in [0.2, 0.25) is 11.8 Å². The van der Waals surface area contributed by atoms with E-state index in [0.29, 0.717) is 38.3 Å². The number of benzene rings is 1. The first-order chi connectivity index (χ1) is 15.0. The molecule has 3 heterocycles. The van der Waals surface area contributed by atoms with E-state index in [1.54, 1.807) is 19.5 Å². The first-order valence-corrected chi connectivity index (χ1v) is 10.7. The highest BCUT2D eigenvalue weighted by Gasteiger charge is 2.33. The number of furan rings is 1. The van der Waals surface area contributed by atoms with Crippen LogP contribution in [0, 0.1) is 0 Å². The lowest BCUT2D eigenvalue weighted by atomic mass is 10.1. The van der Waals surface area contributed by atoms with Gasteiger partial charge in [0.05, 0.1) is 25.0 Å². The molecule has 1 aromatic carbocycles. The maximum absolute atomic E-state index is 13.0. The van der Waals surface area contributed by atoms with Crippen molar-refractivity contribution in [2.75, 3.05) is 44.2 Å². The van der Waals surface area contributed by atoms with Gasteiger partial charge in [0.1, 0.15) is 0 Å². The van der Waals surface area contributed by atoms with Gasteiger partial charge in [0, 0.05) is 62.6 Å². The number of Topliss-reactive ketones (excluding diaryl/α,β-unsaturated/α-hetero) is 1. The second-order valence-corrected chi connectivity index (χ2v) is 8.08. The summed E-state index contributed by atoms with van der Waals surface area (Å²) in [5, 5.41) is 2.88. The average Bonchev–Trinajstić information content (AvgIpc) is 3.29. The van der Waals surface area contributed by atoms with Crippen LogP contribution in [0.4, 0.5) is 5.69 Å². The van der Waals surface area contributed by atoms with Gasteiger partial charge in [0.15, 0.2) is 5.78 Å². The van der Waals surface area contributed by atoms with Crippen molar-refractivity contribution in [3.05, 3.63) is 54.0 Å². The van der Waals surface area contributed by atoms with Crippen LogP contribution in [0.1, 0.15) is 29.3 Å². The van der Waals surface area contributed by atoms with E-state index in [1.165, 1.54) is 0 Å². The number of rotatable bonds is 6. The standard InChI is InChI=1S/C23H28N4O4/c1-17(28)19-2-4-20(5-3-19)25-9-11-26(12-10-25)22(29)14-21-23(30)24-7-8-27(21)15-18-6-13-31-16-18/h2-6,13,16,21H,7-12,14-15H2,1H3,(H,24,30). The van der Waals surface area contributed by atoms with E-state index in [9.17, 15) is 14.4 Å². The Kier molecular flexibility index (Phi) is 6.36. The number of amides is 2. The van der Waals surface area contributed by atoms with E-state index in [1.807, 2.05) is 35.2 Å². The van der Waals surface area contributed by atoms with Crippen molar-refractivity contribution < 1.29 is 18.8 Å². The lowest BCUT2D eigenvalue weighted by Gasteiger charge is -2.38. The van der Waals surface area contributed by atoms with Crippen LogP contribution < -0.4 is 10.2 Å². The molecule has 4 rings (SSSR count). The Morgan fingerprint density at radius 1 is 1.06 bits per heavy atom. The number of carbonyl (C=O) groups is 3. The molecule has 0 saturated carbocycles.